The van der Waals surface area contributed by atoms with Crippen LogP contribution in [0.25, 0.3) is 0 Å². The van der Waals surface area contributed by atoms with Gasteiger partial charge < -0.3 is 9.44 Å². The Balaban J connectivity index is 2.76. The molecule has 0 atom stereocenters. The van der Waals surface area contributed by atoms with Gasteiger partial charge in [0.15, 0.2) is 0 Å². The molecule has 0 aromatic carbocycles. The summed E-state index contributed by atoms with van der Waals surface area (Å²) in [5.41, 5.74) is 0.819. The van der Waals surface area contributed by atoms with Gasteiger partial charge in [0.05, 0.1) is 12.5 Å². The Labute approximate surface area is 42.0 Å². The van der Waals surface area contributed by atoms with Gasteiger partial charge in [-0.2, -0.15) is 0 Å². The average molecular weight is 95.9 g/mol. The van der Waals surface area contributed by atoms with Crippen molar-refractivity contribution in [2.45, 2.75) is 0 Å². The minimum atomic E-state index is 0.0660. The van der Waals surface area contributed by atoms with Crippen molar-refractivity contribution >= 4 is 12.9 Å². The Bertz CT molecular complexity index is 124. The molecule has 0 saturated carbocycles. The van der Waals surface area contributed by atoms with Gasteiger partial charge in [-0.1, -0.05) is 0 Å². The van der Waals surface area contributed by atoms with Gasteiger partial charge in [-0.15, -0.1) is 0 Å². The molecule has 0 spiro atoms. The lowest BCUT2D eigenvalue weighted by Gasteiger charge is -1.73. The van der Waals surface area contributed by atoms with Crippen molar-refractivity contribution in [3.63, 3.8) is 0 Å². The molecular formula is C4H5BO2. The second-order valence-electron chi connectivity index (χ2n) is 1.29. The molecule has 0 aliphatic heterocycles. The molecule has 0 fully saturated rings. The molecule has 1 N–H and O–H groups in total. The maximum Gasteiger partial charge on any atom is 0.308 e. The zero-order valence-corrected chi connectivity index (χ0v) is 3.79. The van der Waals surface area contributed by atoms with Crippen molar-refractivity contribution < 1.29 is 9.44 Å². The van der Waals surface area contributed by atoms with Crippen LogP contribution in [0.4, 0.5) is 0 Å². The first kappa shape index (κ1) is 4.46. The third kappa shape index (κ3) is 0.840. The lowest BCUT2D eigenvalue weighted by Crippen LogP contribution is -2.08. The fraction of sp³-hybridized carbons (Fsp3) is 0. The molecule has 0 aliphatic carbocycles. The van der Waals surface area contributed by atoms with Gasteiger partial charge in [0.25, 0.3) is 0 Å². The summed E-state index contributed by atoms with van der Waals surface area (Å²) >= 11 is 0. The molecule has 0 aliphatic rings. The fourth-order valence-electron chi connectivity index (χ4n) is 0.383. The monoisotopic (exact) mass is 96.0 g/mol. The lowest BCUT2D eigenvalue weighted by atomic mass is 9.93. The van der Waals surface area contributed by atoms with Gasteiger partial charge in [-0.25, -0.2) is 0 Å². The Morgan fingerprint density at radius 1 is 1.71 bits per heavy atom. The summed E-state index contributed by atoms with van der Waals surface area (Å²) in [6.07, 6.45) is 3.05. The summed E-state index contributed by atoms with van der Waals surface area (Å²) in [6.45, 7) is 0. The molecule has 3 heteroatoms. The molecule has 0 radical (unpaired) electrons. The number of hydrogen-bond donors (Lipinski definition) is 1. The Kier molecular flexibility index (Phi) is 1.17. The first-order valence-corrected chi connectivity index (χ1v) is 2.05. The quantitative estimate of drug-likeness (QED) is 0.466. The van der Waals surface area contributed by atoms with E-state index in [4.69, 9.17) is 5.02 Å². The standard InChI is InChI=1S/C4H5BO2/c6-5-4-1-2-7-3-4/h1-3,5-6H. The Morgan fingerprint density at radius 2 is 2.57 bits per heavy atom. The van der Waals surface area contributed by atoms with Crippen LogP contribution in [-0.4, -0.2) is 12.5 Å². The third-order valence-electron chi connectivity index (χ3n) is 0.763. The molecule has 0 bridgehead atoms. The maximum atomic E-state index is 8.37. The van der Waals surface area contributed by atoms with Crippen LogP contribution in [0.2, 0.25) is 0 Å². The molecule has 0 saturated heterocycles. The zero-order valence-electron chi connectivity index (χ0n) is 3.79. The van der Waals surface area contributed by atoms with E-state index in [9.17, 15) is 0 Å². The molecule has 1 aromatic heterocycles. The van der Waals surface area contributed by atoms with Crippen molar-refractivity contribution in [2.75, 3.05) is 0 Å². The van der Waals surface area contributed by atoms with Crippen molar-refractivity contribution in [3.8, 4) is 0 Å². The van der Waals surface area contributed by atoms with Gasteiger partial charge in [0.2, 0.25) is 0 Å². The third-order valence-corrected chi connectivity index (χ3v) is 0.763. The minimum Gasteiger partial charge on any atom is -0.473 e. The molecule has 7 heavy (non-hydrogen) atoms. The number of rotatable bonds is 1. The minimum absolute atomic E-state index is 0.0660. The summed E-state index contributed by atoms with van der Waals surface area (Å²) < 4.78 is 4.65. The van der Waals surface area contributed by atoms with Crippen LogP contribution >= 0.6 is 0 Å². The smallest absolute Gasteiger partial charge is 0.308 e. The van der Waals surface area contributed by atoms with Gasteiger partial charge in [0.1, 0.15) is 0 Å². The molecule has 2 nitrogen and oxygen atoms in total. The van der Waals surface area contributed by atoms with Crippen LogP contribution in [0.3, 0.4) is 0 Å². The highest BCUT2D eigenvalue weighted by molar-refractivity contribution is 6.45. The summed E-state index contributed by atoms with van der Waals surface area (Å²) in [5, 5.41) is 8.37. The van der Waals surface area contributed by atoms with Crippen LogP contribution in [-0.2, 0) is 0 Å². The second-order valence-corrected chi connectivity index (χ2v) is 1.29. The van der Waals surface area contributed by atoms with E-state index in [2.05, 4.69) is 4.42 Å². The summed E-state index contributed by atoms with van der Waals surface area (Å²) in [7, 11) is 0.0660. The molecule has 36 valence electrons. The summed E-state index contributed by atoms with van der Waals surface area (Å²) in [4.78, 5) is 0. The average Bonchev–Trinajstić information content (AvgIpc) is 2.14. The maximum absolute atomic E-state index is 8.37. The number of furan rings is 1. The van der Waals surface area contributed by atoms with E-state index in [0.717, 1.165) is 5.46 Å². The largest absolute Gasteiger partial charge is 0.473 e. The Hall–Kier alpha value is -0.695. The van der Waals surface area contributed by atoms with E-state index in [0.29, 0.717) is 0 Å². The van der Waals surface area contributed by atoms with E-state index in [1.807, 2.05) is 0 Å². The van der Waals surface area contributed by atoms with Crippen LogP contribution in [0.15, 0.2) is 23.0 Å². The molecule has 0 unspecified atom stereocenters. The molecule has 1 rings (SSSR count). The van der Waals surface area contributed by atoms with Crippen LogP contribution in [0.1, 0.15) is 0 Å². The van der Waals surface area contributed by atoms with Crippen LogP contribution < -0.4 is 5.46 Å². The predicted molar refractivity (Wildman–Crippen MR) is 27.7 cm³/mol. The fourth-order valence-corrected chi connectivity index (χ4v) is 0.383. The zero-order chi connectivity index (χ0) is 5.11. The van der Waals surface area contributed by atoms with Gasteiger partial charge in [0, 0.05) is 0 Å². The topological polar surface area (TPSA) is 33.4 Å². The highest BCUT2D eigenvalue weighted by Crippen LogP contribution is 1.77. The van der Waals surface area contributed by atoms with Crippen molar-refractivity contribution in [1.82, 2.24) is 0 Å². The van der Waals surface area contributed by atoms with Crippen molar-refractivity contribution in [3.05, 3.63) is 18.6 Å². The summed E-state index contributed by atoms with van der Waals surface area (Å²) in [5.74, 6) is 0. The van der Waals surface area contributed by atoms with E-state index in [-0.39, 0.29) is 7.48 Å². The van der Waals surface area contributed by atoms with Gasteiger partial charge in [-0.05, 0) is 11.5 Å². The van der Waals surface area contributed by atoms with Gasteiger partial charge >= 0.3 is 7.48 Å². The van der Waals surface area contributed by atoms with E-state index in [1.165, 1.54) is 12.5 Å². The number of hydrogen-bond acceptors (Lipinski definition) is 2. The van der Waals surface area contributed by atoms with Crippen LogP contribution in [0, 0.1) is 0 Å². The van der Waals surface area contributed by atoms with Crippen molar-refractivity contribution in [2.24, 2.45) is 0 Å². The van der Waals surface area contributed by atoms with E-state index < -0.39 is 0 Å². The lowest BCUT2D eigenvalue weighted by molar-refractivity contribution is 0.567. The van der Waals surface area contributed by atoms with Crippen molar-refractivity contribution in [1.29, 1.82) is 0 Å². The molecular weight excluding hydrogens is 90.9 g/mol. The van der Waals surface area contributed by atoms with Gasteiger partial charge in [-0.3, -0.25) is 0 Å². The molecule has 1 heterocycles. The highest BCUT2D eigenvalue weighted by Gasteiger charge is 1.88. The first-order valence-electron chi connectivity index (χ1n) is 2.05. The van der Waals surface area contributed by atoms with E-state index >= 15 is 0 Å². The predicted octanol–water partition coefficient (Wildman–Crippen LogP) is -0.751. The molecule has 0 amide bonds. The SMILES string of the molecule is OBc1ccoc1. The Morgan fingerprint density at radius 3 is 2.86 bits per heavy atom. The first-order chi connectivity index (χ1) is 3.43. The summed E-state index contributed by atoms with van der Waals surface area (Å²) in [6, 6.07) is 1.72. The highest BCUT2D eigenvalue weighted by atomic mass is 16.3. The second kappa shape index (κ2) is 1.84. The molecule has 1 aromatic rings. The normalized spacial score (nSPS) is 8.71. The van der Waals surface area contributed by atoms with Crippen LogP contribution in [0.5, 0.6) is 0 Å². The van der Waals surface area contributed by atoms with E-state index in [1.54, 1.807) is 6.07 Å².